The van der Waals surface area contributed by atoms with E-state index in [9.17, 15) is 9.90 Å². The second kappa shape index (κ2) is 7.44. The molecule has 4 rings (SSSR count). The van der Waals surface area contributed by atoms with Gasteiger partial charge in [0.2, 0.25) is 5.75 Å². The first kappa shape index (κ1) is 17.6. The molecule has 0 fully saturated rings. The van der Waals surface area contributed by atoms with E-state index in [0.717, 1.165) is 5.56 Å². The maximum Gasteiger partial charge on any atom is 0.253 e. The highest BCUT2D eigenvalue weighted by Crippen LogP contribution is 2.31. The number of pyridine rings is 1. The first-order valence-corrected chi connectivity index (χ1v) is 8.62. The third kappa shape index (κ3) is 3.40. The number of methoxy groups -OCH3 is 1. The largest absolute Gasteiger partial charge is 0.501 e. The van der Waals surface area contributed by atoms with Crippen LogP contribution in [-0.2, 0) is 6.61 Å². The molecule has 2 aromatic carbocycles. The van der Waals surface area contributed by atoms with Crippen LogP contribution in [0.15, 0.2) is 76.1 Å². The maximum absolute atomic E-state index is 12.5. The fourth-order valence-corrected chi connectivity index (χ4v) is 2.81. The Morgan fingerprint density at radius 3 is 2.50 bits per heavy atom. The molecule has 0 atom stereocenters. The Balaban J connectivity index is 1.71. The Morgan fingerprint density at radius 1 is 1.04 bits per heavy atom. The summed E-state index contributed by atoms with van der Waals surface area (Å²) in [4.78, 5) is 16.6. The van der Waals surface area contributed by atoms with Gasteiger partial charge < -0.3 is 19.0 Å². The lowest BCUT2D eigenvalue weighted by Crippen LogP contribution is -2.05. The van der Waals surface area contributed by atoms with Gasteiger partial charge in [0.05, 0.1) is 13.3 Å². The van der Waals surface area contributed by atoms with E-state index in [1.807, 2.05) is 30.3 Å². The van der Waals surface area contributed by atoms with Gasteiger partial charge in [-0.25, -0.2) is 4.98 Å². The zero-order valence-electron chi connectivity index (χ0n) is 15.1. The van der Waals surface area contributed by atoms with Gasteiger partial charge in [-0.1, -0.05) is 30.3 Å². The summed E-state index contributed by atoms with van der Waals surface area (Å²) < 4.78 is 16.7. The van der Waals surface area contributed by atoms with Crippen LogP contribution in [0.2, 0.25) is 0 Å². The summed E-state index contributed by atoms with van der Waals surface area (Å²) in [5.41, 5.74) is 1.24. The van der Waals surface area contributed by atoms with Crippen LogP contribution in [0.5, 0.6) is 17.2 Å². The van der Waals surface area contributed by atoms with Crippen LogP contribution in [0.25, 0.3) is 22.4 Å². The van der Waals surface area contributed by atoms with Crippen LogP contribution in [0.3, 0.4) is 0 Å². The van der Waals surface area contributed by atoms with Crippen LogP contribution in [0.4, 0.5) is 0 Å². The Kier molecular flexibility index (Phi) is 4.68. The number of benzene rings is 2. The average Bonchev–Trinajstić information content (AvgIpc) is 2.75. The van der Waals surface area contributed by atoms with E-state index in [1.54, 1.807) is 37.4 Å². The van der Waals surface area contributed by atoms with Crippen molar-refractivity contribution in [3.05, 3.63) is 82.6 Å². The number of aromatic hydroxyl groups is 1. The number of aromatic nitrogens is 1. The van der Waals surface area contributed by atoms with Crippen molar-refractivity contribution >= 4 is 11.1 Å². The minimum absolute atomic E-state index is 0.0434. The Hall–Kier alpha value is -3.80. The Labute approximate surface area is 160 Å². The second-order valence-corrected chi connectivity index (χ2v) is 6.13. The zero-order valence-corrected chi connectivity index (χ0v) is 15.1. The molecule has 0 spiro atoms. The van der Waals surface area contributed by atoms with Crippen molar-refractivity contribution in [2.45, 2.75) is 6.61 Å². The molecular formula is C22H17NO5. The molecule has 0 bridgehead atoms. The SMILES string of the molecule is COc1ccc(-c2oc3cc(OCc4ccccc4)cnc3c(=O)c2O)cc1. The Bertz CT molecular complexity index is 1170. The molecule has 0 radical (unpaired) electrons. The predicted molar refractivity (Wildman–Crippen MR) is 105 cm³/mol. The van der Waals surface area contributed by atoms with E-state index in [-0.39, 0.29) is 16.9 Å². The molecule has 0 unspecified atom stereocenters. The average molecular weight is 375 g/mol. The van der Waals surface area contributed by atoms with Crippen molar-refractivity contribution in [1.82, 2.24) is 4.98 Å². The fraction of sp³-hybridized carbons (Fsp3) is 0.0909. The van der Waals surface area contributed by atoms with Gasteiger partial charge in [0.15, 0.2) is 16.9 Å². The zero-order chi connectivity index (χ0) is 19.5. The highest BCUT2D eigenvalue weighted by atomic mass is 16.5. The van der Waals surface area contributed by atoms with Crippen LogP contribution in [0.1, 0.15) is 5.56 Å². The lowest BCUT2D eigenvalue weighted by Gasteiger charge is -2.09. The monoisotopic (exact) mass is 375 g/mol. The van der Waals surface area contributed by atoms with Gasteiger partial charge in [-0.05, 0) is 29.8 Å². The molecule has 28 heavy (non-hydrogen) atoms. The summed E-state index contributed by atoms with van der Waals surface area (Å²) in [6, 6.07) is 18.1. The van der Waals surface area contributed by atoms with Crippen molar-refractivity contribution in [3.63, 3.8) is 0 Å². The highest BCUT2D eigenvalue weighted by molar-refractivity contribution is 5.79. The molecule has 0 aliphatic heterocycles. The topological polar surface area (TPSA) is 81.8 Å². The molecular weight excluding hydrogens is 358 g/mol. The Morgan fingerprint density at radius 2 is 1.79 bits per heavy atom. The van der Waals surface area contributed by atoms with Gasteiger partial charge in [-0.15, -0.1) is 0 Å². The molecule has 4 aromatic rings. The van der Waals surface area contributed by atoms with Crippen LogP contribution in [-0.4, -0.2) is 17.2 Å². The van der Waals surface area contributed by atoms with E-state index >= 15 is 0 Å². The molecule has 6 nitrogen and oxygen atoms in total. The molecule has 0 aliphatic rings. The van der Waals surface area contributed by atoms with Crippen molar-refractivity contribution < 1.29 is 19.0 Å². The quantitative estimate of drug-likeness (QED) is 0.564. The van der Waals surface area contributed by atoms with Gasteiger partial charge in [0.1, 0.15) is 18.1 Å². The first-order chi connectivity index (χ1) is 13.7. The van der Waals surface area contributed by atoms with Crippen LogP contribution >= 0.6 is 0 Å². The molecule has 0 amide bonds. The van der Waals surface area contributed by atoms with E-state index in [4.69, 9.17) is 13.9 Å². The van der Waals surface area contributed by atoms with Crippen molar-refractivity contribution in [1.29, 1.82) is 0 Å². The standard InChI is InChI=1S/C22H17NO5/c1-26-16-9-7-15(8-10-16)22-21(25)20(24)19-18(28-22)11-17(12-23-19)27-13-14-5-3-2-4-6-14/h2-12,25H,13H2,1H3. The second-order valence-electron chi connectivity index (χ2n) is 6.13. The first-order valence-electron chi connectivity index (χ1n) is 8.62. The number of fused-ring (bicyclic) bond motifs is 1. The van der Waals surface area contributed by atoms with E-state index < -0.39 is 11.2 Å². The smallest absolute Gasteiger partial charge is 0.253 e. The summed E-state index contributed by atoms with van der Waals surface area (Å²) >= 11 is 0. The van der Waals surface area contributed by atoms with Crippen molar-refractivity contribution in [2.75, 3.05) is 7.11 Å². The van der Waals surface area contributed by atoms with Gasteiger partial charge in [0.25, 0.3) is 5.43 Å². The summed E-state index contributed by atoms with van der Waals surface area (Å²) in [7, 11) is 1.56. The number of hydrogen-bond donors (Lipinski definition) is 1. The van der Waals surface area contributed by atoms with Gasteiger partial charge >= 0.3 is 0 Å². The number of ether oxygens (including phenoxy) is 2. The van der Waals surface area contributed by atoms with E-state index in [2.05, 4.69) is 4.98 Å². The number of hydrogen-bond acceptors (Lipinski definition) is 6. The summed E-state index contributed by atoms with van der Waals surface area (Å²) in [5.74, 6) is 0.709. The van der Waals surface area contributed by atoms with E-state index in [1.165, 1.54) is 6.20 Å². The molecule has 140 valence electrons. The van der Waals surface area contributed by atoms with Gasteiger partial charge in [-0.3, -0.25) is 4.79 Å². The maximum atomic E-state index is 12.5. The minimum atomic E-state index is -0.596. The van der Waals surface area contributed by atoms with Gasteiger partial charge in [-0.2, -0.15) is 0 Å². The third-order valence-corrected chi connectivity index (χ3v) is 4.29. The molecule has 2 aromatic heterocycles. The van der Waals surface area contributed by atoms with Crippen LogP contribution < -0.4 is 14.9 Å². The summed E-state index contributed by atoms with van der Waals surface area (Å²) in [6.07, 6.45) is 1.44. The molecule has 0 aliphatic carbocycles. The minimum Gasteiger partial charge on any atom is -0.501 e. The predicted octanol–water partition coefficient (Wildman–Crippen LogP) is 4.15. The van der Waals surface area contributed by atoms with Crippen LogP contribution in [0, 0.1) is 0 Å². The number of nitrogens with zero attached hydrogens (tertiary/aromatic N) is 1. The van der Waals surface area contributed by atoms with Crippen molar-refractivity contribution in [2.24, 2.45) is 0 Å². The number of rotatable bonds is 5. The lowest BCUT2D eigenvalue weighted by molar-refractivity contribution is 0.305. The lowest BCUT2D eigenvalue weighted by atomic mass is 10.1. The molecule has 2 heterocycles. The molecule has 0 saturated carbocycles. The van der Waals surface area contributed by atoms with Crippen molar-refractivity contribution in [3.8, 4) is 28.6 Å². The molecule has 1 N–H and O–H groups in total. The van der Waals surface area contributed by atoms with Gasteiger partial charge in [0, 0.05) is 11.6 Å². The summed E-state index contributed by atoms with van der Waals surface area (Å²) in [5, 5.41) is 10.3. The highest BCUT2D eigenvalue weighted by Gasteiger charge is 2.17. The van der Waals surface area contributed by atoms with E-state index in [0.29, 0.717) is 23.7 Å². The fourth-order valence-electron chi connectivity index (χ4n) is 2.81. The normalized spacial score (nSPS) is 10.8. The summed E-state index contributed by atoms with van der Waals surface area (Å²) in [6.45, 7) is 0.363. The molecule has 6 heteroatoms. The molecule has 0 saturated heterocycles. The third-order valence-electron chi connectivity index (χ3n) is 4.29.